The molecule has 0 spiro atoms. The molecule has 0 aliphatic rings. The Morgan fingerprint density at radius 3 is 2.00 bits per heavy atom. The first-order chi connectivity index (χ1) is 15.0. The molecule has 0 N–H and O–H groups in total. The van der Waals surface area contributed by atoms with Gasteiger partial charge in [0.1, 0.15) is 0 Å². The van der Waals surface area contributed by atoms with Crippen molar-refractivity contribution >= 4 is 34.0 Å². The van der Waals surface area contributed by atoms with Gasteiger partial charge in [-0.3, -0.25) is 0 Å². The molecule has 1 amide bonds. The zero-order valence-electron chi connectivity index (χ0n) is 21.1. The van der Waals surface area contributed by atoms with Crippen molar-refractivity contribution < 1.29 is 19.1 Å². The number of benzene rings is 1. The molecule has 0 saturated heterocycles. The number of carbonyl (C=O) groups excluding carboxylic acids is 2. The van der Waals surface area contributed by atoms with Gasteiger partial charge in [0.15, 0.2) is 0 Å². The first-order valence-electron chi connectivity index (χ1n) is 10.9. The van der Waals surface area contributed by atoms with Crippen molar-refractivity contribution in [3.05, 3.63) is 30.1 Å². The summed E-state index contributed by atoms with van der Waals surface area (Å²) in [6, 6.07) is 6.06. The number of carbonyl (C=O) groups is 2. The molecule has 0 atom stereocenters. The summed E-state index contributed by atoms with van der Waals surface area (Å²) in [5.41, 5.74) is 0.259. The molecule has 33 heavy (non-hydrogen) atoms. The fourth-order valence-electron chi connectivity index (χ4n) is 2.93. The van der Waals surface area contributed by atoms with Crippen molar-refractivity contribution in [1.29, 1.82) is 0 Å². The van der Waals surface area contributed by atoms with Gasteiger partial charge in [-0.25, -0.2) is 0 Å². The van der Waals surface area contributed by atoms with Crippen molar-refractivity contribution in [2.75, 3.05) is 6.54 Å². The molecule has 0 bridgehead atoms. The van der Waals surface area contributed by atoms with Crippen LogP contribution in [-0.2, 0) is 20.8 Å². The van der Waals surface area contributed by atoms with Crippen LogP contribution in [0.5, 0.6) is 0 Å². The van der Waals surface area contributed by atoms with Crippen LogP contribution in [0.4, 0.5) is 4.79 Å². The van der Waals surface area contributed by atoms with Gasteiger partial charge in [0, 0.05) is 0 Å². The van der Waals surface area contributed by atoms with Gasteiger partial charge in [-0.1, -0.05) is 0 Å². The molecule has 2 aromatic rings. The number of amides is 1. The van der Waals surface area contributed by atoms with E-state index in [9.17, 15) is 9.59 Å². The van der Waals surface area contributed by atoms with Crippen molar-refractivity contribution in [1.82, 2.24) is 25.3 Å². The monoisotopic (exact) mass is 565 g/mol. The van der Waals surface area contributed by atoms with Gasteiger partial charge in [-0.15, -0.1) is 0 Å². The van der Waals surface area contributed by atoms with Gasteiger partial charge in [0.2, 0.25) is 0 Å². The van der Waals surface area contributed by atoms with Gasteiger partial charge in [-0.05, 0) is 0 Å². The molecule has 9 nitrogen and oxygen atoms in total. The van der Waals surface area contributed by atoms with E-state index in [1.807, 2.05) is 6.07 Å². The summed E-state index contributed by atoms with van der Waals surface area (Å²) in [6.07, 6.45) is 0.696. The minimum atomic E-state index is -2.53. The second-order valence-electron chi connectivity index (χ2n) is 11.0. The summed E-state index contributed by atoms with van der Waals surface area (Å²) in [5, 5.41) is 15.8. The summed E-state index contributed by atoms with van der Waals surface area (Å²) < 4.78 is 12.2. The van der Waals surface area contributed by atoms with Gasteiger partial charge < -0.3 is 0 Å². The third-order valence-corrected chi connectivity index (χ3v) is 10.1. The Bertz CT molecular complexity index is 979. The summed E-state index contributed by atoms with van der Waals surface area (Å²) in [6.45, 7) is 10.7. The predicted octanol–water partition coefficient (Wildman–Crippen LogP) is 3.56. The van der Waals surface area contributed by atoms with E-state index in [0.717, 1.165) is 11.1 Å². The van der Waals surface area contributed by atoms with Crippen molar-refractivity contribution in [3.8, 4) is 11.4 Å². The van der Waals surface area contributed by atoms with Gasteiger partial charge in [0.05, 0.1) is 0 Å². The Hall–Kier alpha value is -2.30. The SMILES string of the molecule is CC(C)(C)OC(=O)CN(Cc1cc(-c2nncnn2)c[c]([Sn]([CH3])([CH3])[CH3])c1)C(=O)OC(C)(C)C. The number of ether oxygens (including phenoxy) is 2. The molecule has 0 fully saturated rings. The van der Waals surface area contributed by atoms with E-state index in [-0.39, 0.29) is 13.1 Å². The Morgan fingerprint density at radius 2 is 1.48 bits per heavy atom. The molecule has 180 valence electrons. The maximum absolute atomic E-state index is 13.0. The Kier molecular flexibility index (Phi) is 8.42. The summed E-state index contributed by atoms with van der Waals surface area (Å²) in [4.78, 5) is 33.8. The van der Waals surface area contributed by atoms with Gasteiger partial charge >= 0.3 is 201 Å². The zero-order valence-corrected chi connectivity index (χ0v) is 23.9. The standard InChI is InChI=1S/C20H26N5O4.3CH3.Sn/c1-19(2,3)28-16(26)12-25(18(27)29-20(4,5)6)11-14-8-7-9-15(10-14)17-23-21-13-22-24-17;;;;/h8-10,13H,11-12H2,1-6H3;3*1H3;. The van der Waals surface area contributed by atoms with Gasteiger partial charge in [0.25, 0.3) is 0 Å². The van der Waals surface area contributed by atoms with E-state index in [1.54, 1.807) is 41.5 Å². The topological polar surface area (TPSA) is 107 Å². The summed E-state index contributed by atoms with van der Waals surface area (Å²) >= 11 is -2.53. The molecular formula is C23H35N5O4Sn. The number of nitrogens with zero attached hydrogens (tertiary/aromatic N) is 5. The Morgan fingerprint density at radius 1 is 0.909 bits per heavy atom. The van der Waals surface area contributed by atoms with Crippen LogP contribution in [0.2, 0.25) is 14.8 Å². The second kappa shape index (κ2) is 10.3. The second-order valence-corrected chi connectivity index (χ2v) is 25.5. The van der Waals surface area contributed by atoms with Crippen LogP contribution in [0.15, 0.2) is 24.5 Å². The van der Waals surface area contributed by atoms with E-state index >= 15 is 0 Å². The number of esters is 1. The molecule has 0 saturated carbocycles. The molecule has 0 unspecified atom stereocenters. The number of rotatable bonds is 6. The molecule has 0 aliphatic heterocycles. The first kappa shape index (κ1) is 26.9. The van der Waals surface area contributed by atoms with Crippen LogP contribution in [0.25, 0.3) is 11.4 Å². The molecule has 2 rings (SSSR count). The normalized spacial score (nSPS) is 12.3. The van der Waals surface area contributed by atoms with Crippen molar-refractivity contribution in [3.63, 3.8) is 0 Å². The van der Waals surface area contributed by atoms with Crippen LogP contribution in [0.3, 0.4) is 0 Å². The number of hydrogen-bond acceptors (Lipinski definition) is 8. The summed E-state index contributed by atoms with van der Waals surface area (Å²) in [5.74, 6) is -0.0911. The van der Waals surface area contributed by atoms with Crippen molar-refractivity contribution in [2.24, 2.45) is 0 Å². The first-order valence-corrected chi connectivity index (χ1v) is 20.9. The number of hydrogen-bond donors (Lipinski definition) is 0. The van der Waals surface area contributed by atoms with Crippen LogP contribution in [-0.4, -0.2) is 73.5 Å². The maximum atomic E-state index is 13.0. The average Bonchev–Trinajstić information content (AvgIpc) is 2.64. The van der Waals surface area contributed by atoms with E-state index in [2.05, 4.69) is 47.3 Å². The molecule has 0 aliphatic carbocycles. The summed E-state index contributed by atoms with van der Waals surface area (Å²) in [7, 11) is 0. The fraction of sp³-hybridized carbons (Fsp3) is 0.565. The average molecular weight is 564 g/mol. The third kappa shape index (κ3) is 9.22. The van der Waals surface area contributed by atoms with Crippen molar-refractivity contribution in [2.45, 2.75) is 74.1 Å². The van der Waals surface area contributed by atoms with E-state index in [0.29, 0.717) is 5.82 Å². The Balaban J connectivity index is 2.44. The number of aromatic nitrogens is 4. The zero-order chi connectivity index (χ0) is 25.0. The van der Waals surface area contributed by atoms with Gasteiger partial charge in [-0.2, -0.15) is 0 Å². The third-order valence-electron chi connectivity index (χ3n) is 4.29. The van der Waals surface area contributed by atoms with E-state index < -0.39 is 41.6 Å². The van der Waals surface area contributed by atoms with E-state index in [1.165, 1.54) is 14.8 Å². The van der Waals surface area contributed by atoms with Crippen LogP contribution in [0, 0.1) is 0 Å². The van der Waals surface area contributed by atoms with Crippen LogP contribution in [0.1, 0.15) is 47.1 Å². The predicted molar refractivity (Wildman–Crippen MR) is 129 cm³/mol. The van der Waals surface area contributed by atoms with Crippen LogP contribution >= 0.6 is 0 Å². The van der Waals surface area contributed by atoms with E-state index in [4.69, 9.17) is 9.47 Å². The Labute approximate surface area is 200 Å². The molecule has 1 aromatic carbocycles. The molecule has 1 heterocycles. The van der Waals surface area contributed by atoms with Crippen LogP contribution < -0.4 is 3.58 Å². The molecule has 0 radical (unpaired) electrons. The molecule has 1 aromatic heterocycles. The minimum absolute atomic E-state index is 0.171. The molecule has 10 heteroatoms. The quantitative estimate of drug-likeness (QED) is 0.388. The molecular weight excluding hydrogens is 529 g/mol. The fourth-order valence-corrected chi connectivity index (χ4v) is 6.37.